The molecule has 0 fully saturated rings. The zero-order valence-electron chi connectivity index (χ0n) is 19.4. The largest absolute Gasteiger partial charge is 0.321 e. The molecule has 0 aliphatic heterocycles. The van der Waals surface area contributed by atoms with Crippen LogP contribution in [0.4, 0.5) is 0 Å². The van der Waals surface area contributed by atoms with Crippen LogP contribution in [0.25, 0.3) is 0 Å². The van der Waals surface area contributed by atoms with Crippen molar-refractivity contribution < 1.29 is 26.7 Å². The zero-order chi connectivity index (χ0) is 24.3. The molecule has 0 saturated heterocycles. The van der Waals surface area contributed by atoms with Crippen LogP contribution in [0.2, 0.25) is 0 Å². The van der Waals surface area contributed by atoms with E-state index in [0.29, 0.717) is 5.56 Å². The number of nitrogens with two attached hydrogens (primary N) is 1. The Bertz CT molecular complexity index is 1090. The Morgan fingerprint density at radius 2 is 1.44 bits per heavy atom. The van der Waals surface area contributed by atoms with Gasteiger partial charge in [0.25, 0.3) is 0 Å². The maximum atomic E-state index is 11.7. The van der Waals surface area contributed by atoms with Crippen LogP contribution in [-0.4, -0.2) is 14.7 Å². The van der Waals surface area contributed by atoms with Crippen molar-refractivity contribution in [2.75, 3.05) is 6.26 Å². The monoisotopic (exact) mass is 561 g/mol. The number of allylic oxidation sites excluding steroid dienone is 4. The van der Waals surface area contributed by atoms with Gasteiger partial charge in [0.1, 0.15) is 0 Å². The van der Waals surface area contributed by atoms with Crippen LogP contribution in [0, 0.1) is 5.41 Å². The van der Waals surface area contributed by atoms with Crippen molar-refractivity contribution in [2.24, 2.45) is 11.1 Å². The van der Waals surface area contributed by atoms with Gasteiger partial charge in [0.2, 0.25) is 10.0 Å². The Morgan fingerprint density at radius 3 is 1.78 bits per heavy atom. The first-order valence-corrected chi connectivity index (χ1v) is 13.4. The molecule has 2 aromatic carbocycles. The number of alkyl halides is 1. The van der Waals surface area contributed by atoms with E-state index in [2.05, 4.69) is 57.6 Å². The standard InChI is InChI=1S/C15H17ClN2O2S.C10H15.Ru/c1-21(19,20)18-15(16,13-10-6-3-7-11-13)14(17)12-8-4-2-5-9-12;1-7-6-10(4,5)9(3)8(7)2;/h2-11,14,18H,17H2,1H3;1-5H3;/t14-,15-;;/m1../s1. The molecule has 0 amide bonds. The van der Waals surface area contributed by atoms with Crippen LogP contribution < -0.4 is 10.5 Å². The summed E-state index contributed by atoms with van der Waals surface area (Å²) >= 11 is 9.39. The van der Waals surface area contributed by atoms with Crippen LogP contribution in [0.1, 0.15) is 51.8 Å². The minimum Gasteiger partial charge on any atom is -0.321 e. The Balaban J connectivity index is 0.000000278. The van der Waals surface area contributed by atoms with E-state index in [1.807, 2.05) is 36.4 Å². The molecular formula is C25H32ClN2O2RuS. The fourth-order valence-corrected chi connectivity index (χ4v) is 5.79. The average molecular weight is 561 g/mol. The van der Waals surface area contributed by atoms with Gasteiger partial charge < -0.3 is 5.73 Å². The van der Waals surface area contributed by atoms with Gasteiger partial charge in [-0.3, -0.25) is 0 Å². The van der Waals surface area contributed by atoms with E-state index in [9.17, 15) is 8.42 Å². The Morgan fingerprint density at radius 1 is 0.969 bits per heavy atom. The van der Waals surface area contributed by atoms with Gasteiger partial charge in [0.05, 0.1) is 12.3 Å². The van der Waals surface area contributed by atoms with E-state index < -0.39 is 21.1 Å². The van der Waals surface area contributed by atoms with E-state index in [4.69, 9.17) is 17.3 Å². The van der Waals surface area contributed by atoms with Crippen molar-refractivity contribution in [1.82, 2.24) is 4.72 Å². The number of rotatable bonds is 5. The van der Waals surface area contributed by atoms with Crippen LogP contribution in [0.5, 0.6) is 0 Å². The van der Waals surface area contributed by atoms with Crippen molar-refractivity contribution in [3.63, 3.8) is 0 Å². The third kappa shape index (κ3) is 5.98. The van der Waals surface area contributed by atoms with Gasteiger partial charge in [0, 0.05) is 0 Å². The fourth-order valence-electron chi connectivity index (χ4n) is 3.68. The zero-order valence-corrected chi connectivity index (χ0v) is 22.7. The maximum absolute atomic E-state index is 11.7. The summed E-state index contributed by atoms with van der Waals surface area (Å²) in [5.41, 5.74) is 12.3. The van der Waals surface area contributed by atoms with Crippen LogP contribution in [0.15, 0.2) is 81.6 Å². The summed E-state index contributed by atoms with van der Waals surface area (Å²) in [6.45, 7) is 11.2. The van der Waals surface area contributed by atoms with Crippen molar-refractivity contribution in [3.05, 3.63) is 92.7 Å². The quantitative estimate of drug-likeness (QED) is 0.288. The summed E-state index contributed by atoms with van der Waals surface area (Å²) < 4.78 is 27.3. The summed E-state index contributed by atoms with van der Waals surface area (Å²) in [7, 11) is -3.54. The third-order valence-corrected chi connectivity index (χ3v) is 9.12. The second-order valence-electron chi connectivity index (χ2n) is 8.64. The molecule has 2 atom stereocenters. The number of hydrogen-bond donors (Lipinski definition) is 2. The summed E-state index contributed by atoms with van der Waals surface area (Å²) in [6.07, 6.45) is 1.06. The molecule has 0 aromatic heterocycles. The first-order chi connectivity index (χ1) is 14.7. The van der Waals surface area contributed by atoms with E-state index >= 15 is 0 Å². The summed E-state index contributed by atoms with van der Waals surface area (Å²) in [5, 5.41) is 0. The molecule has 0 bridgehead atoms. The van der Waals surface area contributed by atoms with Gasteiger partial charge in [-0.2, -0.15) is 4.72 Å². The van der Waals surface area contributed by atoms with Gasteiger partial charge in [-0.05, 0) is 11.1 Å². The molecule has 0 spiro atoms. The van der Waals surface area contributed by atoms with Gasteiger partial charge in [-0.1, -0.05) is 72.3 Å². The average Bonchev–Trinajstić information content (AvgIpc) is 2.88. The topological polar surface area (TPSA) is 72.2 Å². The summed E-state index contributed by atoms with van der Waals surface area (Å²) in [4.78, 5) is -1.45. The maximum Gasteiger partial charge on any atom is 0.210 e. The fraction of sp³-hybridized carbons (Fsp3) is 0.360. The Labute approximate surface area is 208 Å². The molecule has 0 saturated carbocycles. The predicted molar refractivity (Wildman–Crippen MR) is 130 cm³/mol. The second-order valence-corrected chi connectivity index (χ2v) is 11.9. The van der Waals surface area contributed by atoms with Crippen molar-refractivity contribution in [2.45, 2.75) is 45.7 Å². The Hall–Kier alpha value is -1.30. The van der Waals surface area contributed by atoms with Gasteiger partial charge >= 0.3 is 79.2 Å². The molecule has 32 heavy (non-hydrogen) atoms. The molecule has 0 radical (unpaired) electrons. The van der Waals surface area contributed by atoms with Gasteiger partial charge in [-0.25, -0.2) is 8.42 Å². The number of benzene rings is 2. The SMILES string of the molecule is CC1=C(C)C(C)(C)[C]([Ru])=C1C.CS(=O)(=O)N[C@](Cl)(c1ccccc1)[C@H](N)c1ccccc1. The second kappa shape index (κ2) is 10.3. The first-order valence-electron chi connectivity index (χ1n) is 10.3. The van der Waals surface area contributed by atoms with E-state index in [-0.39, 0.29) is 5.41 Å². The van der Waals surface area contributed by atoms with Gasteiger partial charge in [0.15, 0.2) is 5.00 Å². The molecule has 1 aliphatic carbocycles. The molecular weight excluding hydrogens is 529 g/mol. The number of nitrogens with one attached hydrogen (secondary N) is 1. The number of halogens is 1. The van der Waals surface area contributed by atoms with Crippen molar-refractivity contribution in [3.8, 4) is 0 Å². The van der Waals surface area contributed by atoms with Crippen LogP contribution in [-0.2, 0) is 33.3 Å². The van der Waals surface area contributed by atoms with Crippen molar-refractivity contribution in [1.29, 1.82) is 0 Å². The van der Waals surface area contributed by atoms with E-state index in [0.717, 1.165) is 11.8 Å². The normalized spacial score (nSPS) is 18.7. The minimum absolute atomic E-state index is 0.283. The molecule has 0 unspecified atom stereocenters. The molecule has 4 nitrogen and oxygen atoms in total. The summed E-state index contributed by atoms with van der Waals surface area (Å²) in [6, 6.07) is 17.3. The molecule has 0 heterocycles. The molecule has 2 aromatic rings. The third-order valence-electron chi connectivity index (χ3n) is 6.03. The number of hydrogen-bond acceptors (Lipinski definition) is 3. The predicted octanol–water partition coefficient (Wildman–Crippen LogP) is 5.51. The van der Waals surface area contributed by atoms with Gasteiger partial charge in [-0.15, -0.1) is 0 Å². The molecule has 1 aliphatic rings. The van der Waals surface area contributed by atoms with Crippen molar-refractivity contribution >= 4 is 21.6 Å². The van der Waals surface area contributed by atoms with E-state index in [1.54, 1.807) is 24.3 Å². The minimum atomic E-state index is -3.54. The smallest absolute Gasteiger partial charge is 0.210 e. The van der Waals surface area contributed by atoms with Crippen LogP contribution in [0.3, 0.4) is 0 Å². The molecule has 3 rings (SSSR count). The Kier molecular flexibility index (Phi) is 8.69. The first kappa shape index (κ1) is 27.0. The molecule has 175 valence electrons. The van der Waals surface area contributed by atoms with Crippen LogP contribution >= 0.6 is 11.6 Å². The molecule has 3 N–H and O–H groups in total. The summed E-state index contributed by atoms with van der Waals surface area (Å²) in [5.74, 6) is 0. The number of sulfonamides is 1. The van der Waals surface area contributed by atoms with E-state index in [1.165, 1.54) is 20.9 Å². The molecule has 7 heteroatoms.